The molecule has 0 atom stereocenters. The van der Waals surface area contributed by atoms with Crippen molar-refractivity contribution in [2.45, 2.75) is 19.4 Å². The van der Waals surface area contributed by atoms with Gasteiger partial charge in [-0.25, -0.2) is 4.98 Å². The highest BCUT2D eigenvalue weighted by Gasteiger charge is 2.19. The standard InChI is InChI=1S/C38H36N4O4/c1-44-35-22-30-18-21-42(26-32(30)23-36(35)45-2)20-17-27-5-11-33(12-6-27)41-37(43)15-7-28-8-16-38(40-24-28)46-34-13-9-29(10-14-34)31-4-3-19-39-25-31/h3-16,19,22-25H,17-18,20-21,26H2,1-2H3,(H,41,43)/b15-7+. The van der Waals surface area contributed by atoms with E-state index in [2.05, 4.69) is 44.5 Å². The molecule has 0 saturated carbocycles. The van der Waals surface area contributed by atoms with Gasteiger partial charge in [-0.3, -0.25) is 14.7 Å². The van der Waals surface area contributed by atoms with Gasteiger partial charge in [0.1, 0.15) is 5.75 Å². The normalized spacial score (nSPS) is 12.8. The molecule has 0 aliphatic carbocycles. The molecule has 1 N–H and O–H groups in total. The molecule has 3 heterocycles. The van der Waals surface area contributed by atoms with Crippen molar-refractivity contribution in [1.82, 2.24) is 14.9 Å². The van der Waals surface area contributed by atoms with Crippen LogP contribution in [0.5, 0.6) is 23.1 Å². The number of amides is 1. The van der Waals surface area contributed by atoms with E-state index in [4.69, 9.17) is 14.2 Å². The van der Waals surface area contributed by atoms with E-state index in [1.807, 2.05) is 60.8 Å². The number of pyridine rings is 2. The molecule has 0 bridgehead atoms. The number of fused-ring (bicyclic) bond motifs is 1. The number of carbonyl (C=O) groups is 1. The van der Waals surface area contributed by atoms with Crippen molar-refractivity contribution in [3.05, 3.63) is 132 Å². The summed E-state index contributed by atoms with van der Waals surface area (Å²) in [6.07, 6.45) is 10.4. The molecule has 2 aromatic heterocycles. The second-order valence-electron chi connectivity index (χ2n) is 11.1. The van der Waals surface area contributed by atoms with Gasteiger partial charge in [0.15, 0.2) is 11.5 Å². The summed E-state index contributed by atoms with van der Waals surface area (Å²) in [6.45, 7) is 2.86. The van der Waals surface area contributed by atoms with Crippen LogP contribution in [0.4, 0.5) is 5.69 Å². The van der Waals surface area contributed by atoms with Gasteiger partial charge in [-0.05, 0) is 101 Å². The average molecular weight is 613 g/mol. The van der Waals surface area contributed by atoms with Gasteiger partial charge in [0.2, 0.25) is 11.8 Å². The Kier molecular flexibility index (Phi) is 9.66. The molecule has 46 heavy (non-hydrogen) atoms. The molecule has 0 unspecified atom stereocenters. The summed E-state index contributed by atoms with van der Waals surface area (Å²) in [5.41, 5.74) is 7.49. The highest BCUT2D eigenvalue weighted by Crippen LogP contribution is 2.33. The molecule has 0 spiro atoms. The Balaban J connectivity index is 0.955. The van der Waals surface area contributed by atoms with Crippen LogP contribution in [-0.2, 0) is 24.2 Å². The van der Waals surface area contributed by atoms with Crippen LogP contribution in [0.15, 0.2) is 110 Å². The first kappa shape index (κ1) is 30.6. The number of benzene rings is 3. The molecule has 8 nitrogen and oxygen atoms in total. The Hall–Kier alpha value is -5.47. The van der Waals surface area contributed by atoms with Crippen molar-refractivity contribution in [2.75, 3.05) is 32.6 Å². The zero-order valence-corrected chi connectivity index (χ0v) is 26.0. The molecule has 8 heteroatoms. The number of nitrogens with one attached hydrogen (secondary N) is 1. The van der Waals surface area contributed by atoms with Crippen molar-refractivity contribution in [1.29, 1.82) is 0 Å². The Morgan fingerprint density at radius 3 is 2.37 bits per heavy atom. The minimum atomic E-state index is -0.208. The van der Waals surface area contributed by atoms with Crippen LogP contribution in [0.25, 0.3) is 17.2 Å². The van der Waals surface area contributed by atoms with Crippen molar-refractivity contribution in [2.24, 2.45) is 0 Å². The first-order chi connectivity index (χ1) is 22.6. The van der Waals surface area contributed by atoms with Crippen molar-refractivity contribution >= 4 is 17.7 Å². The second-order valence-corrected chi connectivity index (χ2v) is 11.1. The fourth-order valence-corrected chi connectivity index (χ4v) is 5.45. The molecule has 0 fully saturated rings. The SMILES string of the molecule is COc1cc2c(cc1OC)CN(CCc1ccc(NC(=O)/C=C/c3ccc(Oc4ccc(-c5cccnc5)cc4)nc3)cc1)CC2. The van der Waals surface area contributed by atoms with E-state index in [1.165, 1.54) is 22.8 Å². The number of hydrogen-bond acceptors (Lipinski definition) is 7. The van der Waals surface area contributed by atoms with E-state index >= 15 is 0 Å². The lowest BCUT2D eigenvalue weighted by Gasteiger charge is -2.29. The number of carbonyl (C=O) groups excluding carboxylic acids is 1. The van der Waals surface area contributed by atoms with Crippen molar-refractivity contribution in [3.8, 4) is 34.3 Å². The van der Waals surface area contributed by atoms with E-state index in [0.29, 0.717) is 11.6 Å². The van der Waals surface area contributed by atoms with Crippen LogP contribution < -0.4 is 19.5 Å². The molecular formula is C38H36N4O4. The van der Waals surface area contributed by atoms with Gasteiger partial charge in [0, 0.05) is 56.1 Å². The van der Waals surface area contributed by atoms with Crippen molar-refractivity contribution in [3.63, 3.8) is 0 Å². The Labute approximate surface area is 269 Å². The van der Waals surface area contributed by atoms with Crippen LogP contribution >= 0.6 is 0 Å². The lowest BCUT2D eigenvalue weighted by atomic mass is 9.98. The van der Waals surface area contributed by atoms with Crippen molar-refractivity contribution < 1.29 is 19.0 Å². The fourth-order valence-electron chi connectivity index (χ4n) is 5.45. The number of ether oxygens (including phenoxy) is 3. The molecule has 1 aliphatic heterocycles. The number of anilines is 1. The monoisotopic (exact) mass is 612 g/mol. The lowest BCUT2D eigenvalue weighted by Crippen LogP contribution is -2.32. The summed E-state index contributed by atoms with van der Waals surface area (Å²) in [6, 6.07) is 27.6. The number of nitrogens with zero attached hydrogens (tertiary/aromatic N) is 3. The third-order valence-corrected chi connectivity index (χ3v) is 7.99. The molecular weight excluding hydrogens is 576 g/mol. The summed E-state index contributed by atoms with van der Waals surface area (Å²) in [7, 11) is 3.35. The van der Waals surface area contributed by atoms with Gasteiger partial charge >= 0.3 is 0 Å². The van der Waals surface area contributed by atoms with Gasteiger partial charge < -0.3 is 19.5 Å². The topological polar surface area (TPSA) is 85.8 Å². The summed E-state index contributed by atoms with van der Waals surface area (Å²) in [4.78, 5) is 23.6. The number of hydrogen-bond donors (Lipinski definition) is 1. The summed E-state index contributed by atoms with van der Waals surface area (Å²) >= 11 is 0. The van der Waals surface area contributed by atoms with Crippen LogP contribution in [0.2, 0.25) is 0 Å². The van der Waals surface area contributed by atoms with Crippen LogP contribution in [0, 0.1) is 0 Å². The molecule has 232 valence electrons. The Bertz CT molecular complexity index is 1790. The quantitative estimate of drug-likeness (QED) is 0.158. The average Bonchev–Trinajstić information content (AvgIpc) is 3.11. The number of methoxy groups -OCH3 is 2. The minimum Gasteiger partial charge on any atom is -0.493 e. The highest BCUT2D eigenvalue weighted by atomic mass is 16.5. The zero-order chi connectivity index (χ0) is 31.7. The molecule has 0 saturated heterocycles. The van der Waals surface area contributed by atoms with E-state index in [1.54, 1.807) is 38.8 Å². The lowest BCUT2D eigenvalue weighted by molar-refractivity contribution is -0.111. The second kappa shape index (κ2) is 14.5. The largest absolute Gasteiger partial charge is 0.493 e. The maximum absolute atomic E-state index is 12.6. The molecule has 3 aromatic carbocycles. The van der Waals surface area contributed by atoms with Crippen LogP contribution in [0.1, 0.15) is 22.3 Å². The first-order valence-corrected chi connectivity index (χ1v) is 15.2. The maximum atomic E-state index is 12.6. The summed E-state index contributed by atoms with van der Waals surface area (Å²) < 4.78 is 16.8. The van der Waals surface area contributed by atoms with E-state index in [9.17, 15) is 4.79 Å². The Morgan fingerprint density at radius 2 is 1.67 bits per heavy atom. The van der Waals surface area contributed by atoms with Crippen LogP contribution in [0.3, 0.4) is 0 Å². The molecule has 0 radical (unpaired) electrons. The molecule has 6 rings (SSSR count). The maximum Gasteiger partial charge on any atom is 0.248 e. The van der Waals surface area contributed by atoms with Gasteiger partial charge in [-0.15, -0.1) is 0 Å². The Morgan fingerprint density at radius 1 is 0.891 bits per heavy atom. The summed E-state index contributed by atoms with van der Waals surface area (Å²) in [5.74, 6) is 2.51. The molecule has 5 aromatic rings. The summed E-state index contributed by atoms with van der Waals surface area (Å²) in [5, 5.41) is 2.93. The van der Waals surface area contributed by atoms with Gasteiger partial charge in [0.05, 0.1) is 14.2 Å². The van der Waals surface area contributed by atoms with Gasteiger partial charge in [0.25, 0.3) is 0 Å². The molecule has 1 aliphatic rings. The number of aromatic nitrogens is 2. The fraction of sp³-hybridized carbons (Fsp3) is 0.184. The third kappa shape index (κ3) is 7.78. The van der Waals surface area contributed by atoms with Gasteiger partial charge in [-0.2, -0.15) is 0 Å². The minimum absolute atomic E-state index is 0.208. The van der Waals surface area contributed by atoms with E-state index < -0.39 is 0 Å². The van der Waals surface area contributed by atoms with E-state index in [0.717, 1.165) is 66.4 Å². The van der Waals surface area contributed by atoms with Gasteiger partial charge in [-0.1, -0.05) is 30.3 Å². The molecule has 1 amide bonds. The predicted molar refractivity (Wildman–Crippen MR) is 180 cm³/mol. The first-order valence-electron chi connectivity index (χ1n) is 15.2. The smallest absolute Gasteiger partial charge is 0.248 e. The van der Waals surface area contributed by atoms with E-state index in [-0.39, 0.29) is 5.91 Å². The third-order valence-electron chi connectivity index (χ3n) is 7.99. The highest BCUT2D eigenvalue weighted by molar-refractivity contribution is 6.01. The van der Waals surface area contributed by atoms with Crippen LogP contribution in [-0.4, -0.2) is 48.1 Å². The predicted octanol–water partition coefficient (Wildman–Crippen LogP) is 7.21. The zero-order valence-electron chi connectivity index (χ0n) is 26.0. The number of rotatable bonds is 11.